The van der Waals surface area contributed by atoms with Crippen LogP contribution in [0.25, 0.3) is 6.08 Å². The molecule has 29 heavy (non-hydrogen) atoms. The number of rotatable bonds is 6. The largest absolute Gasteiger partial charge is 0.467 e. The van der Waals surface area contributed by atoms with Crippen LogP contribution in [0.1, 0.15) is 56.6 Å². The van der Waals surface area contributed by atoms with Gasteiger partial charge in [0, 0.05) is 12.3 Å². The van der Waals surface area contributed by atoms with Crippen LogP contribution >= 0.6 is 0 Å². The standard InChI is InChI=1S/C22H24N2O5/c1-2-6-20(26)29-14-19(25)24-22(18-10-5-12-28-18)17-9-3-7-15(21(17)23-24)13-16-8-4-11-27-16/h4-5,8,10-13,17,22H,2-3,6-7,9,14H2,1H3. The quantitative estimate of drug-likeness (QED) is 0.678. The highest BCUT2D eigenvalue weighted by Gasteiger charge is 2.45. The van der Waals surface area contributed by atoms with Crippen LogP contribution in [-0.4, -0.2) is 29.2 Å². The highest BCUT2D eigenvalue weighted by molar-refractivity contribution is 6.08. The average Bonchev–Trinajstić information content (AvgIpc) is 3.46. The molecule has 2 aromatic rings. The third kappa shape index (κ3) is 4.04. The molecule has 0 aromatic carbocycles. The second-order valence-corrected chi connectivity index (χ2v) is 7.28. The van der Waals surface area contributed by atoms with E-state index in [9.17, 15) is 9.59 Å². The van der Waals surface area contributed by atoms with Gasteiger partial charge in [0.15, 0.2) is 6.61 Å². The zero-order chi connectivity index (χ0) is 20.2. The molecule has 7 heteroatoms. The molecule has 1 aliphatic carbocycles. The number of carbonyl (C=O) groups excluding carboxylic acids is 2. The van der Waals surface area contributed by atoms with E-state index in [4.69, 9.17) is 13.6 Å². The van der Waals surface area contributed by atoms with Crippen molar-refractivity contribution in [3.63, 3.8) is 0 Å². The number of allylic oxidation sites excluding steroid dienone is 1. The molecule has 0 radical (unpaired) electrons. The fourth-order valence-corrected chi connectivity index (χ4v) is 3.97. The highest BCUT2D eigenvalue weighted by atomic mass is 16.5. The van der Waals surface area contributed by atoms with Crippen LogP contribution in [0, 0.1) is 5.92 Å². The Labute approximate surface area is 169 Å². The van der Waals surface area contributed by atoms with Crippen molar-refractivity contribution >= 4 is 23.7 Å². The molecule has 1 fully saturated rings. The maximum Gasteiger partial charge on any atom is 0.306 e. The predicted octanol–water partition coefficient (Wildman–Crippen LogP) is 4.34. The molecule has 1 amide bonds. The monoisotopic (exact) mass is 396 g/mol. The van der Waals surface area contributed by atoms with Gasteiger partial charge in [-0.1, -0.05) is 6.92 Å². The average molecular weight is 396 g/mol. The number of ether oxygens (including phenoxy) is 1. The molecule has 0 N–H and O–H groups in total. The first-order chi connectivity index (χ1) is 14.2. The molecule has 2 unspecified atom stereocenters. The van der Waals surface area contributed by atoms with E-state index < -0.39 is 0 Å². The van der Waals surface area contributed by atoms with Gasteiger partial charge in [-0.15, -0.1) is 0 Å². The van der Waals surface area contributed by atoms with Crippen LogP contribution in [0.15, 0.2) is 56.3 Å². The zero-order valence-electron chi connectivity index (χ0n) is 16.4. The Bertz CT molecular complexity index is 911. The van der Waals surface area contributed by atoms with Crippen molar-refractivity contribution in [2.75, 3.05) is 6.61 Å². The highest BCUT2D eigenvalue weighted by Crippen LogP contribution is 2.44. The Hall–Kier alpha value is -3.09. The predicted molar refractivity (Wildman–Crippen MR) is 106 cm³/mol. The molecule has 3 heterocycles. The van der Waals surface area contributed by atoms with E-state index in [1.54, 1.807) is 18.6 Å². The zero-order valence-corrected chi connectivity index (χ0v) is 16.4. The number of carbonyl (C=O) groups is 2. The van der Waals surface area contributed by atoms with Gasteiger partial charge in [-0.3, -0.25) is 9.59 Å². The second kappa shape index (κ2) is 8.51. The lowest BCUT2D eigenvalue weighted by molar-refractivity contribution is -0.153. The number of hydrogen-bond donors (Lipinski definition) is 0. The van der Waals surface area contributed by atoms with Gasteiger partial charge in [-0.05, 0) is 61.6 Å². The van der Waals surface area contributed by atoms with Gasteiger partial charge in [0.25, 0.3) is 5.91 Å². The first kappa shape index (κ1) is 19.2. The Morgan fingerprint density at radius 2 is 2.10 bits per heavy atom. The van der Waals surface area contributed by atoms with Gasteiger partial charge in [-0.25, -0.2) is 5.01 Å². The Morgan fingerprint density at radius 3 is 2.83 bits per heavy atom. The van der Waals surface area contributed by atoms with Crippen LogP contribution < -0.4 is 0 Å². The van der Waals surface area contributed by atoms with Crippen LogP contribution in [0.3, 0.4) is 0 Å². The molecule has 2 aliphatic rings. The van der Waals surface area contributed by atoms with Crippen LogP contribution in [0.5, 0.6) is 0 Å². The maximum atomic E-state index is 12.9. The first-order valence-electron chi connectivity index (χ1n) is 10.0. The van der Waals surface area contributed by atoms with Crippen molar-refractivity contribution in [1.82, 2.24) is 5.01 Å². The summed E-state index contributed by atoms with van der Waals surface area (Å²) in [5, 5.41) is 6.10. The lowest BCUT2D eigenvalue weighted by Crippen LogP contribution is -2.34. The summed E-state index contributed by atoms with van der Waals surface area (Å²) in [6.45, 7) is 1.57. The van der Waals surface area contributed by atoms with Gasteiger partial charge in [0.05, 0.1) is 18.2 Å². The Kier molecular flexibility index (Phi) is 5.64. The molecule has 0 spiro atoms. The van der Waals surface area contributed by atoms with E-state index in [-0.39, 0.29) is 30.4 Å². The fraction of sp³-hybridized carbons (Fsp3) is 0.409. The summed E-state index contributed by atoms with van der Waals surface area (Å²) in [6.07, 6.45) is 8.95. The van der Waals surface area contributed by atoms with Gasteiger partial charge in [0.1, 0.15) is 17.6 Å². The normalized spacial score (nSPS) is 22.4. The SMILES string of the molecule is CCCC(=O)OCC(=O)N1N=C2C(=Cc3ccco3)CCCC2C1c1ccco1. The van der Waals surface area contributed by atoms with Crippen molar-refractivity contribution in [3.8, 4) is 0 Å². The summed E-state index contributed by atoms with van der Waals surface area (Å²) in [4.78, 5) is 24.6. The van der Waals surface area contributed by atoms with Crippen molar-refractivity contribution in [3.05, 3.63) is 53.9 Å². The number of hydrazone groups is 1. The van der Waals surface area contributed by atoms with Crippen LogP contribution in [-0.2, 0) is 14.3 Å². The van der Waals surface area contributed by atoms with Gasteiger partial charge >= 0.3 is 5.97 Å². The third-order valence-electron chi connectivity index (χ3n) is 5.26. The third-order valence-corrected chi connectivity index (χ3v) is 5.26. The number of nitrogens with zero attached hydrogens (tertiary/aromatic N) is 2. The van der Waals surface area contributed by atoms with Crippen molar-refractivity contribution in [1.29, 1.82) is 0 Å². The lowest BCUT2D eigenvalue weighted by Gasteiger charge is -2.27. The fourth-order valence-electron chi connectivity index (χ4n) is 3.97. The van der Waals surface area contributed by atoms with Crippen LogP contribution in [0.4, 0.5) is 0 Å². The summed E-state index contributed by atoms with van der Waals surface area (Å²) in [6, 6.07) is 7.07. The van der Waals surface area contributed by atoms with E-state index in [1.165, 1.54) is 5.01 Å². The summed E-state index contributed by atoms with van der Waals surface area (Å²) < 4.78 is 16.2. The maximum absolute atomic E-state index is 12.9. The first-order valence-corrected chi connectivity index (χ1v) is 10.0. The van der Waals surface area contributed by atoms with E-state index >= 15 is 0 Å². The van der Waals surface area contributed by atoms with Gasteiger partial charge in [0.2, 0.25) is 0 Å². The van der Waals surface area contributed by atoms with Crippen molar-refractivity contribution < 1.29 is 23.2 Å². The smallest absolute Gasteiger partial charge is 0.306 e. The van der Waals surface area contributed by atoms with Crippen molar-refractivity contribution in [2.24, 2.45) is 11.0 Å². The molecule has 0 bridgehead atoms. The molecule has 2 atom stereocenters. The Balaban J connectivity index is 1.61. The minimum Gasteiger partial charge on any atom is -0.467 e. The minimum absolute atomic E-state index is 0.0337. The molecular formula is C22H24N2O5. The number of esters is 1. The molecule has 152 valence electrons. The topological polar surface area (TPSA) is 85.3 Å². The van der Waals surface area contributed by atoms with Gasteiger partial charge < -0.3 is 13.6 Å². The molecule has 4 rings (SSSR count). The van der Waals surface area contributed by atoms with Crippen molar-refractivity contribution in [2.45, 2.75) is 45.1 Å². The summed E-state index contributed by atoms with van der Waals surface area (Å²) in [7, 11) is 0. The number of fused-ring (bicyclic) bond motifs is 1. The minimum atomic E-state index is -0.377. The van der Waals surface area contributed by atoms with E-state index in [0.717, 1.165) is 36.3 Å². The second-order valence-electron chi connectivity index (χ2n) is 7.28. The summed E-state index contributed by atoms with van der Waals surface area (Å²) in [5.74, 6) is 0.747. The number of hydrogen-bond acceptors (Lipinski definition) is 6. The molecular weight excluding hydrogens is 372 g/mol. The van der Waals surface area contributed by atoms with Gasteiger partial charge in [-0.2, -0.15) is 5.10 Å². The molecule has 1 saturated carbocycles. The summed E-state index contributed by atoms with van der Waals surface area (Å²) in [5.41, 5.74) is 1.94. The Morgan fingerprint density at radius 1 is 1.28 bits per heavy atom. The molecule has 0 saturated heterocycles. The summed E-state index contributed by atoms with van der Waals surface area (Å²) >= 11 is 0. The number of amides is 1. The molecule has 2 aromatic heterocycles. The molecule has 7 nitrogen and oxygen atoms in total. The van der Waals surface area contributed by atoms with Crippen LogP contribution in [0.2, 0.25) is 0 Å². The number of furan rings is 2. The lowest BCUT2D eigenvalue weighted by atomic mass is 9.79. The molecule has 1 aliphatic heterocycles. The van der Waals surface area contributed by atoms with E-state index in [0.29, 0.717) is 18.6 Å². The van der Waals surface area contributed by atoms with E-state index in [1.807, 2.05) is 31.2 Å². The van der Waals surface area contributed by atoms with E-state index in [2.05, 4.69) is 5.10 Å².